The van der Waals surface area contributed by atoms with Crippen LogP contribution in [0.5, 0.6) is 5.75 Å². The molecule has 3 atom stereocenters. The molecule has 324 valence electrons. The maximum absolute atomic E-state index is 14.3. The van der Waals surface area contributed by atoms with E-state index in [1.807, 2.05) is 30.3 Å². The molecular weight excluding hydrogens is 817 g/mol. The van der Waals surface area contributed by atoms with Gasteiger partial charge in [0.25, 0.3) is 12.3 Å². The Balaban J connectivity index is 0.733. The van der Waals surface area contributed by atoms with Crippen molar-refractivity contribution in [1.82, 2.24) is 43.7 Å². The van der Waals surface area contributed by atoms with E-state index in [9.17, 15) is 28.0 Å². The number of anilines is 2. The lowest BCUT2D eigenvalue weighted by atomic mass is 10.0. The van der Waals surface area contributed by atoms with Crippen molar-refractivity contribution in [3.63, 3.8) is 0 Å². The second-order valence-corrected chi connectivity index (χ2v) is 16.4. The average molecular weight is 860 g/mol. The number of benzene rings is 2. The van der Waals surface area contributed by atoms with Crippen LogP contribution in [0.25, 0.3) is 16.7 Å². The summed E-state index contributed by atoms with van der Waals surface area (Å²) in [6, 6.07) is 14.3. The fourth-order valence-electron chi connectivity index (χ4n) is 9.21. The number of imide groups is 1. The minimum atomic E-state index is -2.89. The zero-order chi connectivity index (χ0) is 43.4. The first-order valence-electron chi connectivity index (χ1n) is 21.0. The molecule has 0 aliphatic carbocycles. The molecule has 17 nitrogen and oxygen atoms in total. The van der Waals surface area contributed by atoms with Crippen LogP contribution in [0.2, 0.25) is 0 Å². The van der Waals surface area contributed by atoms with E-state index in [0.29, 0.717) is 54.0 Å². The number of halogens is 2. The van der Waals surface area contributed by atoms with E-state index in [1.54, 1.807) is 36.1 Å². The highest BCUT2D eigenvalue weighted by Gasteiger charge is 2.40. The lowest BCUT2D eigenvalue weighted by Gasteiger charge is -2.32. The van der Waals surface area contributed by atoms with Gasteiger partial charge >= 0.3 is 5.69 Å². The Bertz CT molecular complexity index is 2880. The molecule has 63 heavy (non-hydrogen) atoms. The molecule has 2 aromatic carbocycles. The Kier molecular flexibility index (Phi) is 10.5. The summed E-state index contributed by atoms with van der Waals surface area (Å²) >= 11 is 0. The number of aryl methyl sites for hydroxylation is 1. The van der Waals surface area contributed by atoms with Crippen molar-refractivity contribution in [3.05, 3.63) is 100.0 Å². The third kappa shape index (κ3) is 7.69. The Morgan fingerprint density at radius 2 is 1.89 bits per heavy atom. The third-order valence-electron chi connectivity index (χ3n) is 12.4. The number of morpholine rings is 1. The Labute approximate surface area is 358 Å². The van der Waals surface area contributed by atoms with Crippen LogP contribution in [-0.2, 0) is 27.9 Å². The molecule has 4 fully saturated rings. The SMILES string of the molecule is Cn1c(=O)n(C2CCC(=O)NC2=O)c2cccc(C#CCOc3ccc(CN4CCC(n5cc(NC(=O)c6cnn7ccc(N8CC9C[C@@H]8CO9)nc67)c(C(F)F)n5)CC4)cc3)c21. The smallest absolute Gasteiger partial charge is 0.329 e. The lowest BCUT2D eigenvalue weighted by Crippen LogP contribution is -2.44. The summed E-state index contributed by atoms with van der Waals surface area (Å²) in [4.78, 5) is 60.2. The van der Waals surface area contributed by atoms with E-state index in [2.05, 4.69) is 42.5 Å². The first kappa shape index (κ1) is 40.2. The number of alkyl halides is 2. The number of imidazole rings is 1. The number of rotatable bonds is 10. The zero-order valence-corrected chi connectivity index (χ0v) is 34.2. The number of para-hydroxylation sites is 1. The fourth-order valence-corrected chi connectivity index (χ4v) is 9.21. The molecule has 10 rings (SSSR count). The monoisotopic (exact) mass is 859 g/mol. The van der Waals surface area contributed by atoms with Crippen molar-refractivity contribution in [1.29, 1.82) is 0 Å². The van der Waals surface area contributed by atoms with Gasteiger partial charge in [0.1, 0.15) is 29.8 Å². The molecule has 6 aromatic rings. The van der Waals surface area contributed by atoms with Gasteiger partial charge in [-0.15, -0.1) is 0 Å². The molecule has 0 radical (unpaired) electrons. The van der Waals surface area contributed by atoms with E-state index in [-0.39, 0.29) is 60.5 Å². The van der Waals surface area contributed by atoms with Crippen LogP contribution in [0.1, 0.15) is 77.8 Å². The van der Waals surface area contributed by atoms with Crippen molar-refractivity contribution in [2.75, 3.05) is 43.1 Å². The molecule has 4 saturated heterocycles. The molecule has 3 amide bonds. The Morgan fingerprint density at radius 1 is 1.06 bits per heavy atom. The first-order valence-corrected chi connectivity index (χ1v) is 21.0. The summed E-state index contributed by atoms with van der Waals surface area (Å²) in [5, 5.41) is 13.5. The van der Waals surface area contributed by atoms with Crippen LogP contribution >= 0.6 is 0 Å². The maximum Gasteiger partial charge on any atom is 0.329 e. The lowest BCUT2D eigenvalue weighted by molar-refractivity contribution is -0.135. The molecule has 0 saturated carbocycles. The highest BCUT2D eigenvalue weighted by Crippen LogP contribution is 2.34. The van der Waals surface area contributed by atoms with Crippen LogP contribution in [0.3, 0.4) is 0 Å². The molecule has 4 aliphatic rings. The van der Waals surface area contributed by atoms with Gasteiger partial charge in [0.05, 0.1) is 53.3 Å². The van der Waals surface area contributed by atoms with Crippen LogP contribution < -0.4 is 26.0 Å². The van der Waals surface area contributed by atoms with Gasteiger partial charge in [-0.05, 0) is 61.6 Å². The number of nitrogens with one attached hydrogen (secondary N) is 2. The predicted octanol–water partition coefficient (Wildman–Crippen LogP) is 3.99. The predicted molar refractivity (Wildman–Crippen MR) is 225 cm³/mol. The van der Waals surface area contributed by atoms with Gasteiger partial charge in [0, 0.05) is 52.0 Å². The van der Waals surface area contributed by atoms with E-state index in [4.69, 9.17) is 14.5 Å². The summed E-state index contributed by atoms with van der Waals surface area (Å²) < 4.78 is 46.1. The van der Waals surface area contributed by atoms with E-state index < -0.39 is 30.0 Å². The second-order valence-electron chi connectivity index (χ2n) is 16.4. The summed E-state index contributed by atoms with van der Waals surface area (Å²) in [6.45, 7) is 3.60. The van der Waals surface area contributed by atoms with Crippen LogP contribution in [-0.4, -0.2) is 101 Å². The normalized spacial score (nSPS) is 20.4. The second kappa shape index (κ2) is 16.4. The molecule has 4 aromatic heterocycles. The number of hydrogen-bond acceptors (Lipinski definition) is 11. The minimum absolute atomic E-state index is 0.0405. The van der Waals surface area contributed by atoms with Gasteiger partial charge in [-0.25, -0.2) is 23.1 Å². The molecule has 2 N–H and O–H groups in total. The van der Waals surface area contributed by atoms with E-state index in [0.717, 1.165) is 37.4 Å². The molecule has 2 bridgehead atoms. The van der Waals surface area contributed by atoms with Gasteiger partial charge in [-0.3, -0.25) is 38.4 Å². The topological polar surface area (TPSA) is 175 Å². The number of amides is 3. The summed E-state index contributed by atoms with van der Waals surface area (Å²) in [6.07, 6.45) is 4.63. The maximum atomic E-state index is 14.3. The number of aromatic nitrogens is 7. The van der Waals surface area contributed by atoms with Crippen molar-refractivity contribution in [2.45, 2.75) is 69.3 Å². The van der Waals surface area contributed by atoms with Crippen LogP contribution in [0, 0.1) is 11.8 Å². The van der Waals surface area contributed by atoms with Crippen LogP contribution in [0.15, 0.2) is 71.9 Å². The standard InChI is InChI=1S/C44H43F2N11O6/c1-52-39-27(4-2-6-34(39)57(44(52)61)35-11-12-37(58)50-43(35)60)5-3-19-62-30-9-7-26(8-10-30)22-53-16-13-28(14-17-53)56-24-33(38(51-56)40(45)46)48-42(59)32-21-47-55-18-15-36(49-41(32)55)54-23-31-20-29(54)25-63-31/h2,4,6-10,15,18,21,24,28-29,31,35,40H,11-14,16-17,19-20,22-23,25H2,1H3,(H,48,59)(H,50,58,60)/t29-,31?,35?/m1/s1. The van der Waals surface area contributed by atoms with Crippen molar-refractivity contribution < 1.29 is 32.6 Å². The molecule has 2 unspecified atom stereocenters. The molecular formula is C44H43F2N11O6. The zero-order valence-electron chi connectivity index (χ0n) is 34.2. The van der Waals surface area contributed by atoms with Crippen molar-refractivity contribution in [2.24, 2.45) is 7.05 Å². The number of piperidine rings is 2. The van der Waals surface area contributed by atoms with Gasteiger partial charge in [0.15, 0.2) is 11.3 Å². The number of likely N-dealkylation sites (tertiary alicyclic amines) is 1. The Hall–Kier alpha value is -6.91. The molecule has 0 spiro atoms. The van der Waals surface area contributed by atoms with Gasteiger partial charge in [-0.1, -0.05) is 30.0 Å². The molecule has 4 aliphatic heterocycles. The number of carbonyl (C=O) groups excluding carboxylic acids is 3. The van der Waals surface area contributed by atoms with Gasteiger partial charge in [-0.2, -0.15) is 10.2 Å². The number of hydrogen-bond donors (Lipinski definition) is 2. The third-order valence-corrected chi connectivity index (χ3v) is 12.4. The number of carbonyl (C=O) groups is 3. The van der Waals surface area contributed by atoms with Gasteiger partial charge in [0.2, 0.25) is 11.8 Å². The van der Waals surface area contributed by atoms with Crippen molar-refractivity contribution in [3.8, 4) is 17.6 Å². The summed E-state index contributed by atoms with van der Waals surface area (Å²) in [5.74, 6) is 6.06. The number of fused-ring (bicyclic) bond motifs is 4. The summed E-state index contributed by atoms with van der Waals surface area (Å²) in [5.41, 5.74) is 2.48. The largest absolute Gasteiger partial charge is 0.481 e. The highest BCUT2D eigenvalue weighted by atomic mass is 19.3. The van der Waals surface area contributed by atoms with Crippen molar-refractivity contribution >= 4 is 45.9 Å². The number of nitrogens with zero attached hydrogens (tertiary/aromatic N) is 9. The molecule has 8 heterocycles. The fraction of sp³-hybridized carbons (Fsp3) is 0.386. The first-order chi connectivity index (χ1) is 30.6. The van der Waals surface area contributed by atoms with Crippen LogP contribution in [0.4, 0.5) is 20.3 Å². The van der Waals surface area contributed by atoms with E-state index >= 15 is 0 Å². The molecule has 19 heteroatoms. The minimum Gasteiger partial charge on any atom is -0.481 e. The summed E-state index contributed by atoms with van der Waals surface area (Å²) in [7, 11) is 1.63. The quantitative estimate of drug-likeness (QED) is 0.151. The average Bonchev–Trinajstić information content (AvgIpc) is 4.13. The Morgan fingerprint density at radius 3 is 2.63 bits per heavy atom. The highest BCUT2D eigenvalue weighted by molar-refractivity contribution is 6.08. The van der Waals surface area contributed by atoms with E-state index in [1.165, 1.54) is 26.0 Å². The van der Waals surface area contributed by atoms with Gasteiger partial charge < -0.3 is 19.7 Å². The number of ether oxygens (including phenoxy) is 2.